The van der Waals surface area contributed by atoms with E-state index in [4.69, 9.17) is 11.1 Å². The number of nitrogens with one attached hydrogen (secondary N) is 1. The fourth-order valence-corrected chi connectivity index (χ4v) is 2.78. The molecule has 0 aliphatic carbocycles. The minimum Gasteiger partial charge on any atom is -0.384 e. The Hall–Kier alpha value is -0.610. The first-order valence-electron chi connectivity index (χ1n) is 4.34. The Morgan fingerprint density at radius 2 is 2.07 bits per heavy atom. The summed E-state index contributed by atoms with van der Waals surface area (Å²) in [5, 5.41) is 7.55. The van der Waals surface area contributed by atoms with Crippen molar-refractivity contribution < 1.29 is 0 Å². The largest absolute Gasteiger partial charge is 0.384 e. The van der Waals surface area contributed by atoms with E-state index in [9.17, 15) is 0 Å². The highest BCUT2D eigenvalue weighted by Crippen LogP contribution is 2.29. The van der Waals surface area contributed by atoms with E-state index in [1.165, 1.54) is 0 Å². The Kier molecular flexibility index (Phi) is 4.35. The van der Waals surface area contributed by atoms with E-state index in [1.807, 2.05) is 24.5 Å². The molecule has 2 nitrogen and oxygen atoms in total. The maximum absolute atomic E-state index is 7.55. The van der Waals surface area contributed by atoms with Gasteiger partial charge in [0.05, 0.1) is 0 Å². The summed E-state index contributed by atoms with van der Waals surface area (Å²) >= 11 is 3.36. The van der Waals surface area contributed by atoms with Crippen molar-refractivity contribution in [1.82, 2.24) is 0 Å². The van der Waals surface area contributed by atoms with Gasteiger partial charge in [0, 0.05) is 15.4 Å². The zero-order chi connectivity index (χ0) is 10.6. The van der Waals surface area contributed by atoms with Crippen molar-refractivity contribution in [2.24, 2.45) is 5.73 Å². The third-order valence-corrected chi connectivity index (χ3v) is 3.50. The molecular weight excluding hydrogens is 212 g/mol. The Balaban J connectivity index is 3.20. The van der Waals surface area contributed by atoms with Gasteiger partial charge in [0.25, 0.3) is 0 Å². The molecule has 0 saturated carbocycles. The molecule has 0 amide bonds. The summed E-state index contributed by atoms with van der Waals surface area (Å²) in [6.45, 7) is 2.10. The van der Waals surface area contributed by atoms with Gasteiger partial charge in [0.2, 0.25) is 0 Å². The van der Waals surface area contributed by atoms with E-state index in [0.717, 1.165) is 21.1 Å². The van der Waals surface area contributed by atoms with E-state index >= 15 is 0 Å². The fourth-order valence-electron chi connectivity index (χ4n) is 1.22. The smallest absolute Gasteiger partial charge is 0.125 e. The first-order chi connectivity index (χ1) is 6.70. The van der Waals surface area contributed by atoms with Crippen LogP contribution in [0.15, 0.2) is 28.0 Å². The summed E-state index contributed by atoms with van der Waals surface area (Å²) in [4.78, 5) is 2.18. The Labute approximate surface area is 93.2 Å². The Morgan fingerprint density at radius 3 is 2.57 bits per heavy atom. The minimum atomic E-state index is 0.158. The molecular formula is C10H14N2S2. The standard InChI is InChI=1S/C10H14N2S2/c1-3-14-8-6-4-5-7(13-2)9(8)10(11)12/h4-6H,3H2,1-2H3,(H3,11,12). The fraction of sp³-hybridized carbons (Fsp3) is 0.300. The molecule has 0 fully saturated rings. The molecule has 0 radical (unpaired) electrons. The lowest BCUT2D eigenvalue weighted by atomic mass is 10.2. The van der Waals surface area contributed by atoms with Gasteiger partial charge in [0.15, 0.2) is 0 Å². The number of nitrogen functional groups attached to an aromatic ring is 1. The first kappa shape index (κ1) is 11.5. The van der Waals surface area contributed by atoms with Crippen LogP contribution in [0.25, 0.3) is 0 Å². The lowest BCUT2D eigenvalue weighted by Crippen LogP contribution is -2.13. The van der Waals surface area contributed by atoms with Crippen LogP contribution in [0.5, 0.6) is 0 Å². The number of rotatable bonds is 4. The number of benzene rings is 1. The molecule has 1 rings (SSSR count). The lowest BCUT2D eigenvalue weighted by molar-refractivity contribution is 1.25. The van der Waals surface area contributed by atoms with Gasteiger partial charge in [-0.3, -0.25) is 5.41 Å². The van der Waals surface area contributed by atoms with E-state index in [2.05, 4.69) is 6.92 Å². The topological polar surface area (TPSA) is 49.9 Å². The number of nitrogens with two attached hydrogens (primary N) is 1. The van der Waals surface area contributed by atoms with Crippen molar-refractivity contribution in [1.29, 1.82) is 5.41 Å². The predicted octanol–water partition coefficient (Wildman–Crippen LogP) is 2.80. The molecule has 0 atom stereocenters. The van der Waals surface area contributed by atoms with Crippen LogP contribution < -0.4 is 5.73 Å². The summed E-state index contributed by atoms with van der Waals surface area (Å²) in [7, 11) is 0. The molecule has 0 aromatic heterocycles. The van der Waals surface area contributed by atoms with Gasteiger partial charge in [-0.1, -0.05) is 13.0 Å². The van der Waals surface area contributed by atoms with Crippen molar-refractivity contribution in [3.05, 3.63) is 23.8 Å². The number of amidine groups is 1. The molecule has 0 bridgehead atoms. The lowest BCUT2D eigenvalue weighted by Gasteiger charge is -2.10. The van der Waals surface area contributed by atoms with Crippen molar-refractivity contribution in [3.63, 3.8) is 0 Å². The van der Waals surface area contributed by atoms with E-state index in [0.29, 0.717) is 0 Å². The summed E-state index contributed by atoms with van der Waals surface area (Å²) in [5.74, 6) is 1.16. The van der Waals surface area contributed by atoms with E-state index in [-0.39, 0.29) is 5.84 Å². The van der Waals surface area contributed by atoms with E-state index < -0.39 is 0 Å². The molecule has 0 aliphatic heterocycles. The average Bonchev–Trinajstić information content (AvgIpc) is 2.17. The maximum atomic E-state index is 7.55. The van der Waals surface area contributed by atoms with Crippen LogP contribution in [-0.4, -0.2) is 17.8 Å². The van der Waals surface area contributed by atoms with Gasteiger partial charge < -0.3 is 5.73 Å². The summed E-state index contributed by atoms with van der Waals surface area (Å²) in [6, 6.07) is 6.03. The quantitative estimate of drug-likeness (QED) is 0.471. The first-order valence-corrected chi connectivity index (χ1v) is 6.56. The highest BCUT2D eigenvalue weighted by atomic mass is 32.2. The van der Waals surface area contributed by atoms with Crippen molar-refractivity contribution in [3.8, 4) is 0 Å². The van der Waals surface area contributed by atoms with Crippen LogP contribution >= 0.6 is 23.5 Å². The van der Waals surface area contributed by atoms with Gasteiger partial charge >= 0.3 is 0 Å². The van der Waals surface area contributed by atoms with Crippen LogP contribution in [0.3, 0.4) is 0 Å². The molecule has 0 heterocycles. The second kappa shape index (κ2) is 5.32. The normalized spacial score (nSPS) is 10.1. The van der Waals surface area contributed by atoms with Gasteiger partial charge in [-0.05, 0) is 24.1 Å². The van der Waals surface area contributed by atoms with Gasteiger partial charge in [-0.15, -0.1) is 23.5 Å². The molecule has 76 valence electrons. The van der Waals surface area contributed by atoms with Crippen LogP contribution in [-0.2, 0) is 0 Å². The summed E-state index contributed by atoms with van der Waals surface area (Å²) < 4.78 is 0. The monoisotopic (exact) mass is 226 g/mol. The third kappa shape index (κ3) is 2.45. The Morgan fingerprint density at radius 1 is 1.43 bits per heavy atom. The minimum absolute atomic E-state index is 0.158. The molecule has 0 aliphatic rings. The average molecular weight is 226 g/mol. The van der Waals surface area contributed by atoms with Crippen LogP contribution in [0, 0.1) is 5.41 Å². The van der Waals surface area contributed by atoms with Crippen LogP contribution in [0.2, 0.25) is 0 Å². The maximum Gasteiger partial charge on any atom is 0.125 e. The van der Waals surface area contributed by atoms with Crippen molar-refractivity contribution in [2.75, 3.05) is 12.0 Å². The highest BCUT2D eigenvalue weighted by Gasteiger charge is 2.09. The SMILES string of the molecule is CCSc1cccc(SC)c1C(=N)N. The molecule has 14 heavy (non-hydrogen) atoms. The molecule has 0 unspecified atom stereocenters. The zero-order valence-corrected chi connectivity index (χ0v) is 9.97. The molecule has 0 saturated heterocycles. The highest BCUT2D eigenvalue weighted by molar-refractivity contribution is 7.99. The molecule has 4 heteroatoms. The molecule has 0 spiro atoms. The van der Waals surface area contributed by atoms with E-state index in [1.54, 1.807) is 23.5 Å². The van der Waals surface area contributed by atoms with Gasteiger partial charge in [0.1, 0.15) is 5.84 Å². The summed E-state index contributed by atoms with van der Waals surface area (Å²) in [6.07, 6.45) is 2.00. The molecule has 3 N–H and O–H groups in total. The van der Waals surface area contributed by atoms with Crippen LogP contribution in [0.4, 0.5) is 0 Å². The second-order valence-corrected chi connectivity index (χ2v) is 4.83. The molecule has 1 aromatic carbocycles. The third-order valence-electron chi connectivity index (χ3n) is 1.78. The molecule has 1 aromatic rings. The second-order valence-electron chi connectivity index (χ2n) is 2.68. The van der Waals surface area contributed by atoms with Crippen molar-refractivity contribution in [2.45, 2.75) is 16.7 Å². The number of thioether (sulfide) groups is 2. The summed E-state index contributed by atoms with van der Waals surface area (Å²) in [5.41, 5.74) is 6.46. The van der Waals surface area contributed by atoms with Crippen molar-refractivity contribution >= 4 is 29.4 Å². The predicted molar refractivity (Wildman–Crippen MR) is 65.6 cm³/mol. The van der Waals surface area contributed by atoms with Crippen LogP contribution in [0.1, 0.15) is 12.5 Å². The van der Waals surface area contributed by atoms with Gasteiger partial charge in [-0.2, -0.15) is 0 Å². The number of hydrogen-bond acceptors (Lipinski definition) is 3. The zero-order valence-electron chi connectivity index (χ0n) is 8.33. The van der Waals surface area contributed by atoms with Gasteiger partial charge in [-0.25, -0.2) is 0 Å². The number of hydrogen-bond donors (Lipinski definition) is 2. The Bertz CT molecular complexity index is 337.